The number of para-hydroxylation sites is 1. The Morgan fingerprint density at radius 3 is 2.81 bits per heavy atom. The van der Waals surface area contributed by atoms with Gasteiger partial charge in [0.25, 0.3) is 0 Å². The number of hydrogen-bond acceptors (Lipinski definition) is 3. The molecule has 5 nitrogen and oxygen atoms in total. The maximum Gasteiger partial charge on any atom is 0.432 e. The van der Waals surface area contributed by atoms with Gasteiger partial charge in [0, 0.05) is 0 Å². The molecular weight excluding hydrogens is 232 g/mol. The number of hydrogen-bond donors (Lipinski definition) is 1. The van der Waals surface area contributed by atoms with Gasteiger partial charge in [0.05, 0.1) is 17.4 Å². The van der Waals surface area contributed by atoms with Crippen LogP contribution < -0.4 is 4.74 Å². The standard InChI is InChI=1S/C10H7ClN2O3/c11-8-3-1-2-4-9(8)16-7-5-12-13(6-7)10(14)15/h1-6H,(H,14,15). The summed E-state index contributed by atoms with van der Waals surface area (Å²) < 4.78 is 6.12. The highest BCUT2D eigenvalue weighted by Gasteiger charge is 2.07. The van der Waals surface area contributed by atoms with E-state index in [4.69, 9.17) is 21.4 Å². The molecule has 16 heavy (non-hydrogen) atoms. The van der Waals surface area contributed by atoms with Crippen LogP contribution in [0.4, 0.5) is 4.79 Å². The average molecular weight is 239 g/mol. The van der Waals surface area contributed by atoms with Gasteiger partial charge in [-0.2, -0.15) is 9.78 Å². The molecule has 0 aliphatic carbocycles. The van der Waals surface area contributed by atoms with Crippen LogP contribution in [-0.4, -0.2) is 21.0 Å². The van der Waals surface area contributed by atoms with Crippen molar-refractivity contribution in [2.75, 3.05) is 0 Å². The summed E-state index contributed by atoms with van der Waals surface area (Å²) in [6, 6.07) is 6.90. The van der Waals surface area contributed by atoms with Crippen LogP contribution in [0.3, 0.4) is 0 Å². The SMILES string of the molecule is O=C(O)n1cc(Oc2ccccc2Cl)cn1. The van der Waals surface area contributed by atoms with E-state index < -0.39 is 6.09 Å². The molecule has 0 bridgehead atoms. The van der Waals surface area contributed by atoms with Crippen LogP contribution in [-0.2, 0) is 0 Å². The zero-order valence-electron chi connectivity index (χ0n) is 8.00. The summed E-state index contributed by atoms with van der Waals surface area (Å²) in [5, 5.41) is 12.7. The van der Waals surface area contributed by atoms with Gasteiger partial charge in [-0.15, -0.1) is 0 Å². The maximum absolute atomic E-state index is 10.6. The number of aromatic nitrogens is 2. The molecule has 0 unspecified atom stereocenters. The first-order valence-electron chi connectivity index (χ1n) is 4.37. The van der Waals surface area contributed by atoms with E-state index in [0.29, 0.717) is 16.5 Å². The van der Waals surface area contributed by atoms with Crippen LogP contribution in [0.5, 0.6) is 11.5 Å². The van der Waals surface area contributed by atoms with Crippen LogP contribution in [0.15, 0.2) is 36.7 Å². The van der Waals surface area contributed by atoms with E-state index in [9.17, 15) is 4.79 Å². The summed E-state index contributed by atoms with van der Waals surface area (Å²) in [5.41, 5.74) is 0. The Kier molecular flexibility index (Phi) is 2.78. The fourth-order valence-electron chi connectivity index (χ4n) is 1.12. The van der Waals surface area contributed by atoms with Gasteiger partial charge >= 0.3 is 6.09 Å². The molecule has 0 fully saturated rings. The summed E-state index contributed by atoms with van der Waals surface area (Å²) in [5.74, 6) is 0.768. The molecule has 2 aromatic rings. The molecule has 2 rings (SSSR count). The zero-order valence-corrected chi connectivity index (χ0v) is 8.76. The van der Waals surface area contributed by atoms with Crippen LogP contribution in [0.2, 0.25) is 5.02 Å². The van der Waals surface area contributed by atoms with Crippen molar-refractivity contribution in [2.45, 2.75) is 0 Å². The number of ether oxygens (including phenoxy) is 1. The molecule has 6 heteroatoms. The van der Waals surface area contributed by atoms with E-state index >= 15 is 0 Å². The van der Waals surface area contributed by atoms with E-state index in [0.717, 1.165) is 4.68 Å². The maximum atomic E-state index is 10.6. The Morgan fingerprint density at radius 2 is 2.19 bits per heavy atom. The third-order valence-electron chi connectivity index (χ3n) is 1.82. The summed E-state index contributed by atoms with van der Waals surface area (Å²) in [6.07, 6.45) is 1.39. The van der Waals surface area contributed by atoms with Crippen LogP contribution in [0, 0.1) is 0 Å². The second-order valence-corrected chi connectivity index (χ2v) is 3.34. The van der Waals surface area contributed by atoms with Crippen LogP contribution in [0.25, 0.3) is 0 Å². The molecule has 1 aromatic heterocycles. The summed E-state index contributed by atoms with van der Waals surface area (Å²) in [4.78, 5) is 10.6. The highest BCUT2D eigenvalue weighted by Crippen LogP contribution is 2.28. The number of carboxylic acid groups (broad SMARTS) is 1. The molecule has 0 radical (unpaired) electrons. The Labute approximate surface area is 95.8 Å². The fourth-order valence-corrected chi connectivity index (χ4v) is 1.29. The van der Waals surface area contributed by atoms with Crippen LogP contribution in [0.1, 0.15) is 0 Å². The first-order valence-corrected chi connectivity index (χ1v) is 4.75. The average Bonchev–Trinajstić information content (AvgIpc) is 2.70. The highest BCUT2D eigenvalue weighted by molar-refractivity contribution is 6.32. The molecule has 0 aliphatic heterocycles. The largest absolute Gasteiger partial charge is 0.463 e. The third kappa shape index (κ3) is 2.14. The smallest absolute Gasteiger partial charge is 0.432 e. The summed E-state index contributed by atoms with van der Waals surface area (Å²) >= 11 is 5.87. The van der Waals surface area contributed by atoms with Gasteiger partial charge in [0.15, 0.2) is 5.75 Å². The first-order chi connectivity index (χ1) is 7.66. The lowest BCUT2D eigenvalue weighted by Gasteiger charge is -2.03. The number of carbonyl (C=O) groups is 1. The van der Waals surface area contributed by atoms with Crippen molar-refractivity contribution in [3.8, 4) is 11.5 Å². The lowest BCUT2D eigenvalue weighted by molar-refractivity contribution is 0.192. The molecule has 0 atom stereocenters. The van der Waals surface area contributed by atoms with E-state index in [1.165, 1.54) is 12.4 Å². The normalized spacial score (nSPS) is 10.1. The topological polar surface area (TPSA) is 64.3 Å². The molecule has 82 valence electrons. The lowest BCUT2D eigenvalue weighted by Crippen LogP contribution is -2.07. The second kappa shape index (κ2) is 4.24. The Bertz CT molecular complexity index is 524. The van der Waals surface area contributed by atoms with Gasteiger partial charge in [-0.25, -0.2) is 4.79 Å². The predicted molar refractivity (Wildman–Crippen MR) is 57.2 cm³/mol. The number of rotatable bonds is 2. The zero-order chi connectivity index (χ0) is 11.5. The number of halogens is 1. The first kappa shape index (κ1) is 10.5. The quantitative estimate of drug-likeness (QED) is 0.874. The fraction of sp³-hybridized carbons (Fsp3) is 0. The monoisotopic (exact) mass is 238 g/mol. The highest BCUT2D eigenvalue weighted by atomic mass is 35.5. The van der Waals surface area contributed by atoms with Gasteiger partial charge in [-0.05, 0) is 12.1 Å². The molecule has 0 amide bonds. The number of nitrogens with zero attached hydrogens (tertiary/aromatic N) is 2. The van der Waals surface area contributed by atoms with Crippen molar-refractivity contribution in [2.24, 2.45) is 0 Å². The molecule has 1 heterocycles. The van der Waals surface area contributed by atoms with Gasteiger partial charge in [-0.3, -0.25) is 0 Å². The van der Waals surface area contributed by atoms with Crippen molar-refractivity contribution in [3.05, 3.63) is 41.7 Å². The van der Waals surface area contributed by atoms with E-state index in [1.807, 2.05) is 0 Å². The number of benzene rings is 1. The minimum atomic E-state index is -1.17. The molecule has 0 spiro atoms. The lowest BCUT2D eigenvalue weighted by atomic mass is 10.3. The Balaban J connectivity index is 2.21. The summed E-state index contributed by atoms with van der Waals surface area (Å²) in [7, 11) is 0. The van der Waals surface area contributed by atoms with E-state index in [2.05, 4.69) is 5.10 Å². The Morgan fingerprint density at radius 1 is 1.44 bits per heavy atom. The van der Waals surface area contributed by atoms with Crippen molar-refractivity contribution in [3.63, 3.8) is 0 Å². The van der Waals surface area contributed by atoms with Gasteiger partial charge in [-0.1, -0.05) is 23.7 Å². The van der Waals surface area contributed by atoms with E-state index in [-0.39, 0.29) is 0 Å². The van der Waals surface area contributed by atoms with Crippen molar-refractivity contribution in [1.29, 1.82) is 0 Å². The van der Waals surface area contributed by atoms with Crippen molar-refractivity contribution in [1.82, 2.24) is 9.78 Å². The molecule has 0 saturated carbocycles. The van der Waals surface area contributed by atoms with Crippen molar-refractivity contribution >= 4 is 17.7 Å². The summed E-state index contributed by atoms with van der Waals surface area (Å²) in [6.45, 7) is 0. The molecule has 1 N–H and O–H groups in total. The van der Waals surface area contributed by atoms with E-state index in [1.54, 1.807) is 24.3 Å². The minimum absolute atomic E-state index is 0.315. The third-order valence-corrected chi connectivity index (χ3v) is 2.13. The van der Waals surface area contributed by atoms with Crippen LogP contribution >= 0.6 is 11.6 Å². The molecule has 0 saturated heterocycles. The van der Waals surface area contributed by atoms with Gasteiger partial charge in [0.1, 0.15) is 5.75 Å². The Hall–Kier alpha value is -2.01. The second-order valence-electron chi connectivity index (χ2n) is 2.94. The molecular formula is C10H7ClN2O3. The molecule has 0 aliphatic rings. The minimum Gasteiger partial charge on any atom is -0.463 e. The molecule has 1 aromatic carbocycles. The van der Waals surface area contributed by atoms with Gasteiger partial charge < -0.3 is 9.84 Å². The predicted octanol–water partition coefficient (Wildman–Crippen LogP) is 2.85. The van der Waals surface area contributed by atoms with Crippen molar-refractivity contribution < 1.29 is 14.6 Å². The van der Waals surface area contributed by atoms with Gasteiger partial charge in [0.2, 0.25) is 0 Å².